The molecule has 4 nitrogen and oxygen atoms in total. The normalized spacial score (nSPS) is 11.1. The van der Waals surface area contributed by atoms with Gasteiger partial charge in [-0.1, -0.05) is 18.2 Å². The molecule has 0 radical (unpaired) electrons. The zero-order valence-electron chi connectivity index (χ0n) is 10.7. The van der Waals surface area contributed by atoms with Crippen LogP contribution in [0.15, 0.2) is 34.8 Å². The minimum Gasteiger partial charge on any atom is -0.503 e. The Kier molecular flexibility index (Phi) is 6.15. The molecule has 0 aliphatic carbocycles. The monoisotopic (exact) mass is 326 g/mol. The molecule has 1 N–H and O–H groups in total. The summed E-state index contributed by atoms with van der Waals surface area (Å²) in [6.07, 6.45) is 6.41. The first-order valence-electron chi connectivity index (χ1n) is 5.66. The standard InChI is InChI=1S/C14H15BrO4/c1-3-19-13(16)7-5-4-6-10-8-11(15)14(17)12(9-10)18-2/h4-9,17H,3H2,1-2H3. The molecule has 0 heterocycles. The third-order valence-corrected chi connectivity index (χ3v) is 2.79. The van der Waals surface area contributed by atoms with Crippen LogP contribution in [0.4, 0.5) is 0 Å². The van der Waals surface area contributed by atoms with Gasteiger partial charge in [0.1, 0.15) is 0 Å². The van der Waals surface area contributed by atoms with Gasteiger partial charge < -0.3 is 14.6 Å². The van der Waals surface area contributed by atoms with Crippen molar-refractivity contribution in [3.05, 3.63) is 40.4 Å². The smallest absolute Gasteiger partial charge is 0.330 e. The van der Waals surface area contributed by atoms with Gasteiger partial charge in [-0.2, -0.15) is 0 Å². The molecule has 0 aliphatic heterocycles. The van der Waals surface area contributed by atoms with Crippen molar-refractivity contribution in [2.45, 2.75) is 6.92 Å². The Balaban J connectivity index is 2.77. The van der Waals surface area contributed by atoms with E-state index in [0.717, 1.165) is 5.56 Å². The summed E-state index contributed by atoms with van der Waals surface area (Å²) in [6, 6.07) is 3.43. The number of carbonyl (C=O) groups excluding carboxylic acids is 1. The highest BCUT2D eigenvalue weighted by Gasteiger charge is 2.06. The number of rotatable bonds is 5. The molecule has 19 heavy (non-hydrogen) atoms. The number of allylic oxidation sites excluding steroid dienone is 2. The Bertz CT molecular complexity index is 506. The van der Waals surface area contributed by atoms with E-state index in [1.165, 1.54) is 13.2 Å². The van der Waals surface area contributed by atoms with Gasteiger partial charge in [-0.15, -0.1) is 0 Å². The first-order valence-corrected chi connectivity index (χ1v) is 6.45. The summed E-state index contributed by atoms with van der Waals surface area (Å²) in [5.74, 6) is 0.0572. The fraction of sp³-hybridized carbons (Fsp3) is 0.214. The van der Waals surface area contributed by atoms with E-state index in [4.69, 9.17) is 9.47 Å². The molecule has 0 aliphatic rings. The Morgan fingerprint density at radius 2 is 2.16 bits per heavy atom. The van der Waals surface area contributed by atoms with E-state index in [1.807, 2.05) is 0 Å². The molecule has 0 bridgehead atoms. The molecule has 0 fully saturated rings. The number of phenols is 1. The van der Waals surface area contributed by atoms with Crippen molar-refractivity contribution in [3.63, 3.8) is 0 Å². The molecule has 0 amide bonds. The number of hydrogen-bond donors (Lipinski definition) is 1. The van der Waals surface area contributed by atoms with Gasteiger partial charge in [0.15, 0.2) is 11.5 Å². The highest BCUT2D eigenvalue weighted by molar-refractivity contribution is 9.10. The molecule has 102 valence electrons. The fourth-order valence-electron chi connectivity index (χ4n) is 1.34. The summed E-state index contributed by atoms with van der Waals surface area (Å²) in [5.41, 5.74) is 0.829. The van der Waals surface area contributed by atoms with Crippen LogP contribution in [-0.2, 0) is 9.53 Å². The number of aromatic hydroxyl groups is 1. The topological polar surface area (TPSA) is 55.8 Å². The lowest BCUT2D eigenvalue weighted by Gasteiger charge is -2.06. The van der Waals surface area contributed by atoms with Crippen molar-refractivity contribution in [1.29, 1.82) is 0 Å². The highest BCUT2D eigenvalue weighted by atomic mass is 79.9. The molecule has 0 aromatic heterocycles. The fourth-order valence-corrected chi connectivity index (χ4v) is 1.80. The average molecular weight is 327 g/mol. The van der Waals surface area contributed by atoms with Gasteiger partial charge in [-0.05, 0) is 40.5 Å². The molecule has 0 spiro atoms. The van der Waals surface area contributed by atoms with Gasteiger partial charge in [-0.25, -0.2) is 4.79 Å². The molecule has 0 saturated heterocycles. The zero-order chi connectivity index (χ0) is 14.3. The van der Waals surface area contributed by atoms with Crippen molar-refractivity contribution in [1.82, 2.24) is 0 Å². The molecule has 1 aromatic carbocycles. The van der Waals surface area contributed by atoms with Crippen LogP contribution in [0, 0.1) is 0 Å². The quantitative estimate of drug-likeness (QED) is 0.512. The second-order valence-electron chi connectivity index (χ2n) is 3.52. The van der Waals surface area contributed by atoms with Gasteiger partial charge in [0.05, 0.1) is 18.2 Å². The van der Waals surface area contributed by atoms with Crippen LogP contribution >= 0.6 is 15.9 Å². The Morgan fingerprint density at radius 3 is 2.79 bits per heavy atom. The van der Waals surface area contributed by atoms with Crippen LogP contribution in [0.2, 0.25) is 0 Å². The molecule has 5 heteroatoms. The molecule has 0 atom stereocenters. The van der Waals surface area contributed by atoms with E-state index in [2.05, 4.69) is 15.9 Å². The first-order chi connectivity index (χ1) is 9.08. The van der Waals surface area contributed by atoms with Gasteiger partial charge in [0.25, 0.3) is 0 Å². The number of carbonyl (C=O) groups is 1. The summed E-state index contributed by atoms with van der Waals surface area (Å²) in [6.45, 7) is 2.11. The predicted molar refractivity (Wildman–Crippen MR) is 77.2 cm³/mol. The number of phenolic OH excluding ortho intramolecular Hbond substituents is 1. The minimum atomic E-state index is -0.378. The maximum Gasteiger partial charge on any atom is 0.330 e. The van der Waals surface area contributed by atoms with Crippen LogP contribution in [0.3, 0.4) is 0 Å². The van der Waals surface area contributed by atoms with Crippen LogP contribution in [0.25, 0.3) is 6.08 Å². The van der Waals surface area contributed by atoms with Crippen LogP contribution in [0.5, 0.6) is 11.5 Å². The van der Waals surface area contributed by atoms with Crippen molar-refractivity contribution in [3.8, 4) is 11.5 Å². The van der Waals surface area contributed by atoms with E-state index in [1.54, 1.807) is 37.3 Å². The number of esters is 1. The molecule has 1 rings (SSSR count). The first kappa shape index (κ1) is 15.3. The van der Waals surface area contributed by atoms with Crippen LogP contribution < -0.4 is 4.74 Å². The largest absolute Gasteiger partial charge is 0.503 e. The molecule has 0 saturated carbocycles. The van der Waals surface area contributed by atoms with Crippen molar-refractivity contribution in [2.24, 2.45) is 0 Å². The van der Waals surface area contributed by atoms with E-state index in [0.29, 0.717) is 16.8 Å². The number of methoxy groups -OCH3 is 1. The Morgan fingerprint density at radius 1 is 1.42 bits per heavy atom. The highest BCUT2D eigenvalue weighted by Crippen LogP contribution is 2.35. The third kappa shape index (κ3) is 4.79. The van der Waals surface area contributed by atoms with Gasteiger partial charge in [-0.3, -0.25) is 0 Å². The number of ether oxygens (including phenoxy) is 2. The molecule has 0 unspecified atom stereocenters. The van der Waals surface area contributed by atoms with Gasteiger partial charge in [0.2, 0.25) is 0 Å². The predicted octanol–water partition coefficient (Wildman–Crippen LogP) is 3.30. The van der Waals surface area contributed by atoms with Crippen molar-refractivity contribution < 1.29 is 19.4 Å². The van der Waals surface area contributed by atoms with E-state index in [-0.39, 0.29) is 11.7 Å². The Labute approximate surface area is 120 Å². The van der Waals surface area contributed by atoms with Crippen LogP contribution in [-0.4, -0.2) is 24.8 Å². The molecular weight excluding hydrogens is 312 g/mol. The Hall–Kier alpha value is -1.75. The van der Waals surface area contributed by atoms with E-state index >= 15 is 0 Å². The summed E-state index contributed by atoms with van der Waals surface area (Å²) in [7, 11) is 1.48. The summed E-state index contributed by atoms with van der Waals surface area (Å²) < 4.78 is 10.3. The minimum absolute atomic E-state index is 0.0571. The van der Waals surface area contributed by atoms with E-state index in [9.17, 15) is 9.90 Å². The second-order valence-corrected chi connectivity index (χ2v) is 4.38. The van der Waals surface area contributed by atoms with Gasteiger partial charge >= 0.3 is 5.97 Å². The van der Waals surface area contributed by atoms with Gasteiger partial charge in [0, 0.05) is 6.08 Å². The van der Waals surface area contributed by atoms with Crippen molar-refractivity contribution >= 4 is 28.0 Å². The van der Waals surface area contributed by atoms with Crippen LogP contribution in [0.1, 0.15) is 12.5 Å². The summed E-state index contributed by atoms with van der Waals surface area (Å²) in [5, 5.41) is 9.65. The molecular formula is C14H15BrO4. The lowest BCUT2D eigenvalue weighted by Crippen LogP contribution is -1.98. The maximum absolute atomic E-state index is 11.1. The van der Waals surface area contributed by atoms with Crippen molar-refractivity contribution in [2.75, 3.05) is 13.7 Å². The SMILES string of the molecule is CCOC(=O)C=CC=Cc1cc(Br)c(O)c(OC)c1. The van der Waals surface area contributed by atoms with E-state index < -0.39 is 0 Å². The molecule has 1 aromatic rings. The number of benzene rings is 1. The summed E-state index contributed by atoms with van der Waals surface area (Å²) in [4.78, 5) is 11.1. The zero-order valence-corrected chi connectivity index (χ0v) is 12.3. The summed E-state index contributed by atoms with van der Waals surface area (Å²) >= 11 is 3.23. The average Bonchev–Trinajstić information content (AvgIpc) is 2.38. The lowest BCUT2D eigenvalue weighted by atomic mass is 10.2. The second kappa shape index (κ2) is 7.63. The lowest BCUT2D eigenvalue weighted by molar-refractivity contribution is -0.137. The third-order valence-electron chi connectivity index (χ3n) is 2.19. The number of halogens is 1. The maximum atomic E-state index is 11.1. The number of hydrogen-bond acceptors (Lipinski definition) is 4.